The minimum atomic E-state index is -0.438. The first-order valence-electron chi connectivity index (χ1n) is 11.1. The maximum Gasteiger partial charge on any atom is 0.269 e. The molecule has 1 heterocycles. The first-order valence-corrected chi connectivity index (χ1v) is 11.1. The van der Waals surface area contributed by atoms with Crippen LogP contribution in [0.5, 0.6) is 11.5 Å². The molecule has 7 nitrogen and oxygen atoms in total. The average Bonchev–Trinajstić information content (AvgIpc) is 3.21. The topological polar surface area (TPSA) is 92.5 Å². The van der Waals surface area contributed by atoms with E-state index in [1.165, 1.54) is 24.3 Å². The third kappa shape index (κ3) is 5.27. The smallest absolute Gasteiger partial charge is 0.269 e. The third-order valence-corrected chi connectivity index (χ3v) is 5.67. The number of anilines is 1. The highest BCUT2D eigenvalue weighted by Crippen LogP contribution is 2.30. The maximum absolute atomic E-state index is 13.3. The van der Waals surface area contributed by atoms with Crippen molar-refractivity contribution >= 4 is 28.4 Å². The van der Waals surface area contributed by atoms with Crippen molar-refractivity contribution in [2.24, 2.45) is 0 Å². The van der Waals surface area contributed by atoms with Gasteiger partial charge in [-0.3, -0.25) is 9.59 Å². The molecule has 1 aromatic heterocycles. The first kappa shape index (κ1) is 23.8. The van der Waals surface area contributed by atoms with Crippen LogP contribution >= 0.6 is 0 Å². The SMILES string of the molecule is COc1ccc(CCNC(=O)c2[nH]c3ccc(C)cc3c2NC(=O)c2ccc(F)cc2)cc1OC. The van der Waals surface area contributed by atoms with E-state index < -0.39 is 11.7 Å². The molecule has 0 aliphatic heterocycles. The van der Waals surface area contributed by atoms with Gasteiger partial charge < -0.3 is 25.1 Å². The number of benzene rings is 3. The monoisotopic (exact) mass is 475 g/mol. The van der Waals surface area contributed by atoms with Gasteiger partial charge in [-0.2, -0.15) is 0 Å². The molecule has 0 fully saturated rings. The molecule has 0 spiro atoms. The van der Waals surface area contributed by atoms with Crippen LogP contribution in [-0.2, 0) is 6.42 Å². The lowest BCUT2D eigenvalue weighted by atomic mass is 10.1. The van der Waals surface area contributed by atoms with Crippen LogP contribution in [0.1, 0.15) is 32.0 Å². The van der Waals surface area contributed by atoms with Crippen LogP contribution in [0, 0.1) is 12.7 Å². The summed E-state index contributed by atoms with van der Waals surface area (Å²) in [5.74, 6) is 0.0302. The molecule has 0 radical (unpaired) electrons. The summed E-state index contributed by atoms with van der Waals surface area (Å²) in [5.41, 5.74) is 3.58. The zero-order valence-electron chi connectivity index (χ0n) is 19.7. The van der Waals surface area contributed by atoms with Gasteiger partial charge in [-0.1, -0.05) is 17.7 Å². The molecule has 4 rings (SSSR count). The van der Waals surface area contributed by atoms with Crippen LogP contribution in [0.3, 0.4) is 0 Å². The molecule has 0 aliphatic carbocycles. The number of carbonyl (C=O) groups is 2. The van der Waals surface area contributed by atoms with Gasteiger partial charge in [-0.25, -0.2) is 4.39 Å². The molecule has 0 saturated heterocycles. The van der Waals surface area contributed by atoms with Gasteiger partial charge in [0.1, 0.15) is 11.5 Å². The second-order valence-electron chi connectivity index (χ2n) is 8.08. The van der Waals surface area contributed by atoms with Crippen molar-refractivity contribution in [2.45, 2.75) is 13.3 Å². The number of halogens is 1. The number of hydrogen-bond acceptors (Lipinski definition) is 4. The first-order chi connectivity index (χ1) is 16.9. The van der Waals surface area contributed by atoms with Crippen molar-refractivity contribution in [3.63, 3.8) is 0 Å². The number of nitrogens with one attached hydrogen (secondary N) is 3. The summed E-state index contributed by atoms with van der Waals surface area (Å²) < 4.78 is 23.9. The van der Waals surface area contributed by atoms with E-state index in [0.717, 1.165) is 16.6 Å². The second kappa shape index (κ2) is 10.3. The molecule has 3 N–H and O–H groups in total. The summed E-state index contributed by atoms with van der Waals surface area (Å²) in [7, 11) is 3.15. The number of aromatic amines is 1. The number of aromatic nitrogens is 1. The fourth-order valence-electron chi connectivity index (χ4n) is 3.84. The van der Waals surface area contributed by atoms with Gasteiger partial charge >= 0.3 is 0 Å². The number of ether oxygens (including phenoxy) is 2. The molecule has 8 heteroatoms. The van der Waals surface area contributed by atoms with Crippen LogP contribution in [0.25, 0.3) is 10.9 Å². The number of carbonyl (C=O) groups excluding carboxylic acids is 2. The minimum Gasteiger partial charge on any atom is -0.493 e. The normalized spacial score (nSPS) is 10.7. The summed E-state index contributed by atoms with van der Waals surface area (Å²) >= 11 is 0. The Balaban J connectivity index is 1.54. The van der Waals surface area contributed by atoms with Gasteiger partial charge in [0.05, 0.1) is 19.9 Å². The van der Waals surface area contributed by atoms with Crippen molar-refractivity contribution in [3.05, 3.63) is 88.9 Å². The van der Waals surface area contributed by atoms with E-state index in [1.807, 2.05) is 43.3 Å². The largest absolute Gasteiger partial charge is 0.493 e. The Bertz CT molecular complexity index is 1380. The molecule has 180 valence electrons. The standard InChI is InChI=1S/C27H26FN3O4/c1-16-4-10-21-20(14-16)24(31-26(32)18-6-8-19(28)9-7-18)25(30-21)27(33)29-13-12-17-5-11-22(34-2)23(15-17)35-3/h4-11,14-15,30H,12-13H2,1-3H3,(H,29,33)(H,31,32). The van der Waals surface area contributed by atoms with E-state index in [2.05, 4.69) is 15.6 Å². The van der Waals surface area contributed by atoms with E-state index in [4.69, 9.17) is 9.47 Å². The highest BCUT2D eigenvalue weighted by atomic mass is 19.1. The van der Waals surface area contributed by atoms with Gasteiger partial charge in [0.15, 0.2) is 11.5 Å². The maximum atomic E-state index is 13.3. The van der Waals surface area contributed by atoms with Gasteiger partial charge in [0, 0.05) is 23.0 Å². The lowest BCUT2D eigenvalue weighted by molar-refractivity contribution is 0.0951. The quantitative estimate of drug-likeness (QED) is 0.339. The Morgan fingerprint density at radius 2 is 1.66 bits per heavy atom. The number of methoxy groups -OCH3 is 2. The van der Waals surface area contributed by atoms with Crippen LogP contribution in [0.15, 0.2) is 60.7 Å². The van der Waals surface area contributed by atoms with E-state index >= 15 is 0 Å². The van der Waals surface area contributed by atoms with Crippen molar-refractivity contribution in [2.75, 3.05) is 26.1 Å². The molecular weight excluding hydrogens is 449 g/mol. The van der Waals surface area contributed by atoms with Crippen molar-refractivity contribution < 1.29 is 23.5 Å². The second-order valence-corrected chi connectivity index (χ2v) is 8.08. The van der Waals surface area contributed by atoms with Crippen LogP contribution in [0.2, 0.25) is 0 Å². The van der Waals surface area contributed by atoms with E-state index in [0.29, 0.717) is 35.5 Å². The summed E-state index contributed by atoms with van der Waals surface area (Å²) in [5, 5.41) is 6.45. The molecule has 0 unspecified atom stereocenters. The van der Waals surface area contributed by atoms with Crippen molar-refractivity contribution in [3.8, 4) is 11.5 Å². The number of aryl methyl sites for hydroxylation is 1. The third-order valence-electron chi connectivity index (χ3n) is 5.67. The molecule has 0 aliphatic rings. The molecule has 0 atom stereocenters. The van der Waals surface area contributed by atoms with Crippen LogP contribution < -0.4 is 20.1 Å². The highest BCUT2D eigenvalue weighted by molar-refractivity contribution is 6.15. The molecule has 4 aromatic rings. The number of amides is 2. The number of rotatable bonds is 8. The number of hydrogen-bond donors (Lipinski definition) is 3. The summed E-state index contributed by atoms with van der Waals surface area (Å²) in [6.07, 6.45) is 0.572. The fraction of sp³-hybridized carbons (Fsp3) is 0.185. The molecule has 0 saturated carbocycles. The Labute approximate surface area is 202 Å². The van der Waals surface area contributed by atoms with E-state index in [1.54, 1.807) is 14.2 Å². The molecule has 0 bridgehead atoms. The number of H-pyrrole nitrogens is 1. The fourth-order valence-corrected chi connectivity index (χ4v) is 3.84. The van der Waals surface area contributed by atoms with Gasteiger partial charge in [-0.05, 0) is 67.4 Å². The molecule has 35 heavy (non-hydrogen) atoms. The zero-order chi connectivity index (χ0) is 24.9. The Morgan fingerprint density at radius 1 is 0.914 bits per heavy atom. The molecule has 2 amide bonds. The summed E-state index contributed by atoms with van der Waals surface area (Å²) in [4.78, 5) is 29.1. The molecular formula is C27H26FN3O4. The summed E-state index contributed by atoms with van der Waals surface area (Å²) in [6, 6.07) is 16.5. The van der Waals surface area contributed by atoms with Crippen molar-refractivity contribution in [1.82, 2.24) is 10.3 Å². The average molecular weight is 476 g/mol. The molecule has 3 aromatic carbocycles. The Hall–Kier alpha value is -4.33. The predicted molar refractivity (Wildman–Crippen MR) is 133 cm³/mol. The van der Waals surface area contributed by atoms with Crippen LogP contribution in [0.4, 0.5) is 10.1 Å². The highest BCUT2D eigenvalue weighted by Gasteiger charge is 2.20. The Kier molecular flexibility index (Phi) is 7.01. The lowest BCUT2D eigenvalue weighted by Crippen LogP contribution is -2.27. The number of fused-ring (bicyclic) bond motifs is 1. The van der Waals surface area contributed by atoms with E-state index in [9.17, 15) is 14.0 Å². The van der Waals surface area contributed by atoms with Crippen LogP contribution in [-0.4, -0.2) is 37.6 Å². The minimum absolute atomic E-state index is 0.244. The van der Waals surface area contributed by atoms with Crippen molar-refractivity contribution in [1.29, 1.82) is 0 Å². The predicted octanol–water partition coefficient (Wildman–Crippen LogP) is 4.86. The van der Waals surface area contributed by atoms with Gasteiger partial charge in [-0.15, -0.1) is 0 Å². The summed E-state index contributed by atoms with van der Waals surface area (Å²) in [6.45, 7) is 2.30. The Morgan fingerprint density at radius 3 is 2.37 bits per heavy atom. The lowest BCUT2D eigenvalue weighted by Gasteiger charge is -2.11. The van der Waals surface area contributed by atoms with E-state index in [-0.39, 0.29) is 17.2 Å². The zero-order valence-corrected chi connectivity index (χ0v) is 19.7. The van der Waals surface area contributed by atoms with Gasteiger partial charge in [0.2, 0.25) is 0 Å². The van der Waals surface area contributed by atoms with Gasteiger partial charge in [0.25, 0.3) is 11.8 Å².